The van der Waals surface area contributed by atoms with Crippen molar-refractivity contribution in [3.05, 3.63) is 59.2 Å². The molecule has 2 aromatic rings. The number of nitrogens with one attached hydrogen (secondary N) is 3. The van der Waals surface area contributed by atoms with E-state index in [1.807, 2.05) is 12.1 Å². The average molecular weight is 359 g/mol. The van der Waals surface area contributed by atoms with Crippen LogP contribution in [0.15, 0.2) is 42.5 Å². The molecular formula is C20H28N3OS+. The van der Waals surface area contributed by atoms with E-state index < -0.39 is 0 Å². The van der Waals surface area contributed by atoms with Crippen LogP contribution < -0.4 is 20.3 Å². The third-order valence-electron chi connectivity index (χ3n) is 4.14. The molecule has 1 atom stereocenters. The molecule has 0 fully saturated rings. The molecule has 25 heavy (non-hydrogen) atoms. The summed E-state index contributed by atoms with van der Waals surface area (Å²) in [5.41, 5.74) is 4.68. The predicted molar refractivity (Wildman–Crippen MR) is 109 cm³/mol. The molecule has 0 radical (unpaired) electrons. The van der Waals surface area contributed by atoms with E-state index in [0.29, 0.717) is 5.11 Å². The van der Waals surface area contributed by atoms with E-state index >= 15 is 0 Å². The Morgan fingerprint density at radius 3 is 2.40 bits per heavy atom. The van der Waals surface area contributed by atoms with Gasteiger partial charge in [0.25, 0.3) is 0 Å². The largest absolute Gasteiger partial charge is 0.497 e. The van der Waals surface area contributed by atoms with Gasteiger partial charge in [-0.1, -0.05) is 18.2 Å². The molecule has 0 saturated heterocycles. The minimum absolute atomic E-state index is 0.272. The summed E-state index contributed by atoms with van der Waals surface area (Å²) in [5, 5.41) is 7.26. The van der Waals surface area contributed by atoms with Crippen molar-refractivity contribution in [2.24, 2.45) is 0 Å². The number of anilines is 1. The zero-order valence-corrected chi connectivity index (χ0v) is 16.5. The smallest absolute Gasteiger partial charge is 0.171 e. The number of rotatable bonds is 6. The van der Waals surface area contributed by atoms with Crippen molar-refractivity contribution in [3.8, 4) is 5.75 Å². The average Bonchev–Trinajstić information content (AvgIpc) is 2.54. The summed E-state index contributed by atoms with van der Waals surface area (Å²) >= 11 is 5.47. The molecule has 4 nitrogen and oxygen atoms in total. The molecule has 5 heteroatoms. The van der Waals surface area contributed by atoms with Crippen LogP contribution in [0.1, 0.15) is 22.7 Å². The molecule has 0 amide bonds. The number of thiocarbonyl (C=S) groups is 1. The Balaban J connectivity index is 2.01. The SMILES string of the molecule is COc1cccc([C@@H](CNC(=S)Nc2cc(C)cc(C)c2)[NH+](C)C)c1. The first-order valence-corrected chi connectivity index (χ1v) is 8.87. The zero-order valence-electron chi connectivity index (χ0n) is 15.6. The minimum Gasteiger partial charge on any atom is -0.497 e. The monoisotopic (exact) mass is 358 g/mol. The Labute approximate surface area is 156 Å². The van der Waals surface area contributed by atoms with Crippen LogP contribution in [0.5, 0.6) is 5.75 Å². The topological polar surface area (TPSA) is 37.7 Å². The van der Waals surface area contributed by atoms with E-state index in [-0.39, 0.29) is 6.04 Å². The minimum atomic E-state index is 0.272. The van der Waals surface area contributed by atoms with E-state index in [0.717, 1.165) is 18.0 Å². The Morgan fingerprint density at radius 2 is 1.80 bits per heavy atom. The highest BCUT2D eigenvalue weighted by Gasteiger charge is 2.18. The highest BCUT2D eigenvalue weighted by molar-refractivity contribution is 7.80. The maximum atomic E-state index is 5.47. The van der Waals surface area contributed by atoms with Gasteiger partial charge in [-0.2, -0.15) is 0 Å². The Morgan fingerprint density at radius 1 is 1.12 bits per heavy atom. The Hall–Kier alpha value is -2.11. The standard InChI is InChI=1S/C20H27N3OS/c1-14-9-15(2)11-17(10-14)22-20(25)21-13-19(23(3)4)16-7-6-8-18(12-16)24-5/h6-12,19H,13H2,1-5H3,(H2,21,22,25)/p+1/t19-/m1/s1. The van der Waals surface area contributed by atoms with Crippen molar-refractivity contribution in [1.82, 2.24) is 5.32 Å². The van der Waals surface area contributed by atoms with E-state index in [2.05, 4.69) is 68.9 Å². The van der Waals surface area contributed by atoms with Gasteiger partial charge in [0, 0.05) is 11.3 Å². The van der Waals surface area contributed by atoms with Gasteiger partial charge in [0.05, 0.1) is 27.7 Å². The van der Waals surface area contributed by atoms with E-state index in [9.17, 15) is 0 Å². The van der Waals surface area contributed by atoms with Gasteiger partial charge >= 0.3 is 0 Å². The summed E-state index contributed by atoms with van der Waals surface area (Å²) in [7, 11) is 5.98. The molecule has 0 unspecified atom stereocenters. The van der Waals surface area contributed by atoms with Gasteiger partial charge in [0.15, 0.2) is 5.11 Å². The molecule has 0 spiro atoms. The highest BCUT2D eigenvalue weighted by atomic mass is 32.1. The van der Waals surface area contributed by atoms with Crippen LogP contribution >= 0.6 is 12.2 Å². The first-order valence-electron chi connectivity index (χ1n) is 8.46. The summed E-state index contributed by atoms with van der Waals surface area (Å²) in [6.45, 7) is 4.91. The number of benzene rings is 2. The fourth-order valence-corrected chi connectivity index (χ4v) is 3.13. The van der Waals surface area contributed by atoms with Gasteiger partial charge in [-0.15, -0.1) is 0 Å². The zero-order chi connectivity index (χ0) is 18.4. The lowest BCUT2D eigenvalue weighted by Crippen LogP contribution is -3.07. The van der Waals surface area contributed by atoms with Crippen LogP contribution in [0, 0.1) is 13.8 Å². The Bertz CT molecular complexity index is 710. The normalized spacial score (nSPS) is 11.9. The number of aryl methyl sites for hydroxylation is 2. The summed E-state index contributed by atoms with van der Waals surface area (Å²) in [5.74, 6) is 0.875. The number of ether oxygens (including phenoxy) is 1. The molecule has 134 valence electrons. The highest BCUT2D eigenvalue weighted by Crippen LogP contribution is 2.17. The van der Waals surface area contributed by atoms with Crippen molar-refractivity contribution in [1.29, 1.82) is 0 Å². The molecule has 0 aliphatic heterocycles. The second-order valence-electron chi connectivity index (χ2n) is 6.62. The molecule has 0 bridgehead atoms. The number of quaternary nitrogens is 1. The van der Waals surface area contributed by atoms with E-state index in [1.165, 1.54) is 21.6 Å². The first-order chi connectivity index (χ1) is 11.9. The van der Waals surface area contributed by atoms with Crippen molar-refractivity contribution in [2.45, 2.75) is 19.9 Å². The van der Waals surface area contributed by atoms with Crippen LogP contribution in [0.2, 0.25) is 0 Å². The number of likely N-dealkylation sites (N-methyl/N-ethyl adjacent to an activating group) is 1. The van der Waals surface area contributed by atoms with Gasteiger partial charge in [0.2, 0.25) is 0 Å². The number of hydrogen-bond acceptors (Lipinski definition) is 2. The van der Waals surface area contributed by atoms with E-state index in [4.69, 9.17) is 17.0 Å². The lowest BCUT2D eigenvalue weighted by atomic mass is 10.1. The van der Waals surface area contributed by atoms with Gasteiger partial charge in [0.1, 0.15) is 11.8 Å². The van der Waals surface area contributed by atoms with Gasteiger partial charge in [-0.25, -0.2) is 0 Å². The van der Waals surface area contributed by atoms with Gasteiger partial charge < -0.3 is 20.3 Å². The van der Waals surface area contributed by atoms with Gasteiger partial charge in [-0.3, -0.25) is 0 Å². The summed E-state index contributed by atoms with van der Waals surface area (Å²) < 4.78 is 5.34. The Kier molecular flexibility index (Phi) is 6.79. The van der Waals surface area contributed by atoms with Crippen molar-refractivity contribution < 1.29 is 9.64 Å². The molecule has 0 aliphatic rings. The molecule has 2 aromatic carbocycles. The maximum Gasteiger partial charge on any atom is 0.171 e. The lowest BCUT2D eigenvalue weighted by molar-refractivity contribution is -0.890. The molecule has 0 heterocycles. The fraction of sp³-hybridized carbons (Fsp3) is 0.350. The number of hydrogen-bond donors (Lipinski definition) is 3. The van der Waals surface area contributed by atoms with Crippen LogP contribution in [0.3, 0.4) is 0 Å². The quantitative estimate of drug-likeness (QED) is 0.694. The van der Waals surface area contributed by atoms with Crippen LogP contribution in [0.4, 0.5) is 5.69 Å². The molecule has 0 aliphatic carbocycles. The molecule has 0 aromatic heterocycles. The van der Waals surface area contributed by atoms with Crippen LogP contribution in [-0.2, 0) is 0 Å². The fourth-order valence-electron chi connectivity index (χ4n) is 2.93. The van der Waals surface area contributed by atoms with Crippen molar-refractivity contribution >= 4 is 23.0 Å². The van der Waals surface area contributed by atoms with Crippen LogP contribution in [0.25, 0.3) is 0 Å². The van der Waals surface area contributed by atoms with Crippen molar-refractivity contribution in [2.75, 3.05) is 33.1 Å². The molecule has 3 N–H and O–H groups in total. The van der Waals surface area contributed by atoms with Crippen LogP contribution in [-0.4, -0.2) is 32.9 Å². The molecular weight excluding hydrogens is 330 g/mol. The predicted octanol–water partition coefficient (Wildman–Crippen LogP) is 2.48. The third kappa shape index (κ3) is 5.73. The maximum absolute atomic E-state index is 5.47. The molecule has 0 saturated carbocycles. The second kappa shape index (κ2) is 8.83. The first kappa shape index (κ1) is 19.2. The summed E-state index contributed by atoms with van der Waals surface area (Å²) in [4.78, 5) is 1.33. The lowest BCUT2D eigenvalue weighted by Gasteiger charge is -2.23. The van der Waals surface area contributed by atoms with E-state index in [1.54, 1.807) is 7.11 Å². The second-order valence-corrected chi connectivity index (χ2v) is 7.03. The molecule has 2 rings (SSSR count). The summed E-state index contributed by atoms with van der Waals surface area (Å²) in [6.07, 6.45) is 0. The van der Waals surface area contributed by atoms with Crippen molar-refractivity contribution in [3.63, 3.8) is 0 Å². The number of methoxy groups -OCH3 is 1. The third-order valence-corrected chi connectivity index (χ3v) is 4.39. The summed E-state index contributed by atoms with van der Waals surface area (Å²) in [6, 6.07) is 14.8. The van der Waals surface area contributed by atoms with Gasteiger partial charge in [-0.05, 0) is 61.5 Å².